The van der Waals surface area contributed by atoms with Crippen LogP contribution >= 0.6 is 11.3 Å². The van der Waals surface area contributed by atoms with Crippen molar-refractivity contribution in [1.29, 1.82) is 5.26 Å². The van der Waals surface area contributed by atoms with Gasteiger partial charge in [0.15, 0.2) is 0 Å². The smallest absolute Gasteiger partial charge is 0.345 e. The molecule has 4 rings (SSSR count). The third-order valence-electron chi connectivity index (χ3n) is 4.53. The predicted molar refractivity (Wildman–Crippen MR) is 121 cm³/mol. The minimum absolute atomic E-state index is 0.0782. The maximum atomic E-state index is 12.4. The van der Waals surface area contributed by atoms with Crippen molar-refractivity contribution < 1.29 is 14.3 Å². The summed E-state index contributed by atoms with van der Waals surface area (Å²) in [6, 6.07) is 13.2. The number of anilines is 1. The van der Waals surface area contributed by atoms with Crippen LogP contribution in [-0.2, 0) is 0 Å². The van der Waals surface area contributed by atoms with Crippen molar-refractivity contribution in [2.45, 2.75) is 0 Å². The lowest BCUT2D eigenvalue weighted by Gasteiger charge is -2.02. The molecule has 0 aliphatic rings. The van der Waals surface area contributed by atoms with Gasteiger partial charge < -0.3 is 9.73 Å². The highest BCUT2D eigenvalue weighted by Crippen LogP contribution is 2.29. The van der Waals surface area contributed by atoms with Gasteiger partial charge in [-0.1, -0.05) is 12.1 Å². The van der Waals surface area contributed by atoms with Gasteiger partial charge in [0.25, 0.3) is 11.4 Å². The van der Waals surface area contributed by atoms with Gasteiger partial charge >= 0.3 is 5.63 Å². The molecule has 0 radical (unpaired) electrons. The van der Waals surface area contributed by atoms with E-state index in [-0.39, 0.29) is 44.5 Å². The normalized spacial score (nSPS) is 11.2. The molecular formula is C21H11N5O6S. The maximum Gasteiger partial charge on any atom is 0.345 e. The number of nitrogens with one attached hydrogen (secondary N) is 1. The van der Waals surface area contributed by atoms with Crippen LogP contribution in [0.4, 0.5) is 17.1 Å². The van der Waals surface area contributed by atoms with Gasteiger partial charge in [0.1, 0.15) is 27.9 Å². The number of aromatic nitrogens is 1. The quantitative estimate of drug-likeness (QED) is 0.185. The van der Waals surface area contributed by atoms with E-state index in [1.807, 2.05) is 6.07 Å². The van der Waals surface area contributed by atoms with Crippen LogP contribution in [0.5, 0.6) is 0 Å². The molecule has 0 fully saturated rings. The Bertz CT molecular complexity index is 1550. The Morgan fingerprint density at radius 2 is 1.94 bits per heavy atom. The molecule has 0 amide bonds. The lowest BCUT2D eigenvalue weighted by Crippen LogP contribution is -2.03. The van der Waals surface area contributed by atoms with E-state index in [1.54, 1.807) is 11.4 Å². The van der Waals surface area contributed by atoms with Crippen molar-refractivity contribution in [2.75, 3.05) is 5.32 Å². The zero-order chi connectivity index (χ0) is 23.5. The number of hydrogen-bond acceptors (Lipinski definition) is 10. The van der Waals surface area contributed by atoms with Gasteiger partial charge in [0.2, 0.25) is 0 Å². The Labute approximate surface area is 188 Å². The summed E-state index contributed by atoms with van der Waals surface area (Å²) in [6.07, 6.45) is 1.29. The summed E-state index contributed by atoms with van der Waals surface area (Å²) in [5.41, 5.74) is -0.219. The number of nitro groups is 2. The van der Waals surface area contributed by atoms with E-state index < -0.39 is 15.5 Å². The highest BCUT2D eigenvalue weighted by Gasteiger charge is 2.16. The van der Waals surface area contributed by atoms with E-state index in [1.165, 1.54) is 48.7 Å². The number of thiazole rings is 1. The van der Waals surface area contributed by atoms with E-state index in [4.69, 9.17) is 4.42 Å². The molecule has 11 nitrogen and oxygen atoms in total. The van der Waals surface area contributed by atoms with E-state index in [0.29, 0.717) is 5.39 Å². The molecule has 0 atom stereocenters. The van der Waals surface area contributed by atoms with E-state index in [0.717, 1.165) is 11.3 Å². The molecule has 33 heavy (non-hydrogen) atoms. The third-order valence-corrected chi connectivity index (χ3v) is 5.41. The van der Waals surface area contributed by atoms with Gasteiger partial charge in [0, 0.05) is 35.2 Å². The van der Waals surface area contributed by atoms with Crippen molar-refractivity contribution in [1.82, 2.24) is 4.98 Å². The first-order valence-corrected chi connectivity index (χ1v) is 10.0. The highest BCUT2D eigenvalue weighted by atomic mass is 32.1. The van der Waals surface area contributed by atoms with Crippen LogP contribution in [0, 0.1) is 31.6 Å². The number of allylic oxidation sites excluding steroid dienone is 1. The van der Waals surface area contributed by atoms with Gasteiger partial charge in [-0.15, -0.1) is 11.3 Å². The van der Waals surface area contributed by atoms with Crippen LogP contribution in [0.25, 0.3) is 27.8 Å². The minimum atomic E-state index is -0.686. The number of nitriles is 1. The summed E-state index contributed by atoms with van der Waals surface area (Å²) in [5.74, 6) is 0. The molecule has 2 aromatic heterocycles. The predicted octanol–water partition coefficient (Wildman–Crippen LogP) is 4.71. The first-order valence-electron chi connectivity index (χ1n) is 9.16. The standard InChI is InChI=1S/C21H11N5O6S/c22-9-13(10-23-16-3-1-2-4-18(16)26(30)31)20-24-17(11-33-20)15-8-12-7-14(25(28)29)5-6-19(12)32-21(15)27/h1-8,10-11,23H. The van der Waals surface area contributed by atoms with Crippen LogP contribution in [0.3, 0.4) is 0 Å². The van der Waals surface area contributed by atoms with Gasteiger partial charge in [-0.05, 0) is 18.2 Å². The van der Waals surface area contributed by atoms with Crippen LogP contribution in [0.1, 0.15) is 5.01 Å². The fourth-order valence-electron chi connectivity index (χ4n) is 2.97. The fraction of sp³-hybridized carbons (Fsp3) is 0. The van der Waals surface area contributed by atoms with Crippen LogP contribution in [0.2, 0.25) is 0 Å². The SMILES string of the molecule is N#CC(=CNc1ccccc1[N+](=O)[O-])c1nc(-c2cc3cc([N+](=O)[O-])ccc3oc2=O)cs1. The number of benzene rings is 2. The van der Waals surface area contributed by atoms with Gasteiger partial charge in [-0.3, -0.25) is 20.2 Å². The topological polar surface area (TPSA) is 165 Å². The summed E-state index contributed by atoms with van der Waals surface area (Å²) >= 11 is 1.08. The summed E-state index contributed by atoms with van der Waals surface area (Å²) in [5, 5.41) is 36.6. The van der Waals surface area contributed by atoms with Crippen LogP contribution < -0.4 is 10.9 Å². The second kappa shape index (κ2) is 8.69. The molecule has 4 aromatic rings. The molecule has 0 unspecified atom stereocenters. The monoisotopic (exact) mass is 461 g/mol. The van der Waals surface area contributed by atoms with Crippen molar-refractivity contribution in [3.8, 4) is 17.3 Å². The number of nitro benzene ring substituents is 2. The Morgan fingerprint density at radius 1 is 1.15 bits per heavy atom. The molecule has 0 aliphatic carbocycles. The second-order valence-electron chi connectivity index (χ2n) is 6.55. The number of para-hydroxylation sites is 2. The van der Waals surface area contributed by atoms with Crippen molar-refractivity contribution in [3.05, 3.63) is 95.8 Å². The molecule has 0 saturated carbocycles. The number of non-ortho nitro benzene ring substituents is 1. The average Bonchev–Trinajstić information content (AvgIpc) is 3.28. The lowest BCUT2D eigenvalue weighted by molar-refractivity contribution is -0.384. The molecule has 0 saturated heterocycles. The molecule has 2 heterocycles. The number of nitrogens with zero attached hydrogens (tertiary/aromatic N) is 4. The molecule has 12 heteroatoms. The Kier molecular flexibility index (Phi) is 5.62. The summed E-state index contributed by atoms with van der Waals surface area (Å²) in [7, 11) is 0. The second-order valence-corrected chi connectivity index (χ2v) is 7.41. The van der Waals surface area contributed by atoms with Gasteiger partial charge in [-0.25, -0.2) is 9.78 Å². The zero-order valence-corrected chi connectivity index (χ0v) is 17.2. The molecule has 2 aromatic carbocycles. The molecule has 162 valence electrons. The van der Waals surface area contributed by atoms with E-state index >= 15 is 0 Å². The summed E-state index contributed by atoms with van der Waals surface area (Å²) < 4.78 is 5.25. The van der Waals surface area contributed by atoms with Crippen LogP contribution in [0.15, 0.2) is 69.3 Å². The maximum absolute atomic E-state index is 12.4. The Morgan fingerprint density at radius 3 is 2.67 bits per heavy atom. The van der Waals surface area contributed by atoms with Crippen LogP contribution in [-0.4, -0.2) is 14.8 Å². The molecular weight excluding hydrogens is 450 g/mol. The number of fused-ring (bicyclic) bond motifs is 1. The van der Waals surface area contributed by atoms with Crippen molar-refractivity contribution in [3.63, 3.8) is 0 Å². The Balaban J connectivity index is 1.69. The first kappa shape index (κ1) is 21.3. The number of rotatable bonds is 6. The molecule has 1 N–H and O–H groups in total. The molecule has 0 spiro atoms. The Hall–Kier alpha value is -4.89. The van der Waals surface area contributed by atoms with Crippen molar-refractivity contribution in [2.24, 2.45) is 0 Å². The fourth-order valence-corrected chi connectivity index (χ4v) is 3.76. The van der Waals surface area contributed by atoms with Gasteiger partial charge in [-0.2, -0.15) is 5.26 Å². The number of hydrogen-bond donors (Lipinski definition) is 1. The molecule has 0 aliphatic heterocycles. The highest BCUT2D eigenvalue weighted by molar-refractivity contribution is 7.11. The largest absolute Gasteiger partial charge is 0.422 e. The summed E-state index contributed by atoms with van der Waals surface area (Å²) in [4.78, 5) is 37.8. The van der Waals surface area contributed by atoms with Gasteiger partial charge in [0.05, 0.1) is 21.1 Å². The summed E-state index contributed by atoms with van der Waals surface area (Å²) in [6.45, 7) is 0. The van der Waals surface area contributed by atoms with E-state index in [9.17, 15) is 30.3 Å². The molecule has 0 bridgehead atoms. The first-order chi connectivity index (χ1) is 15.9. The third kappa shape index (κ3) is 4.29. The van der Waals surface area contributed by atoms with Crippen molar-refractivity contribution >= 4 is 44.9 Å². The average molecular weight is 461 g/mol. The lowest BCUT2D eigenvalue weighted by atomic mass is 10.1. The zero-order valence-electron chi connectivity index (χ0n) is 16.4. The minimum Gasteiger partial charge on any atom is -0.422 e. The van der Waals surface area contributed by atoms with E-state index in [2.05, 4.69) is 10.3 Å².